The van der Waals surface area contributed by atoms with E-state index < -0.39 is 10.0 Å². The van der Waals surface area contributed by atoms with E-state index in [1.54, 1.807) is 0 Å². The van der Waals surface area contributed by atoms with Crippen LogP contribution in [0.2, 0.25) is 0 Å². The zero-order chi connectivity index (χ0) is 18.7. The third kappa shape index (κ3) is 4.59. The average molecular weight is 363 g/mol. The number of hydrogen-bond acceptors (Lipinski definition) is 4. The van der Waals surface area contributed by atoms with Crippen LogP contribution < -0.4 is 5.32 Å². The highest BCUT2D eigenvalue weighted by Gasteiger charge is 2.33. The Balaban J connectivity index is 2.01. The van der Waals surface area contributed by atoms with Gasteiger partial charge in [0.1, 0.15) is 0 Å². The van der Waals surface area contributed by atoms with Crippen LogP contribution in [0.3, 0.4) is 0 Å². The lowest BCUT2D eigenvalue weighted by Crippen LogP contribution is -2.48. The maximum Gasteiger partial charge on any atom is 0.243 e. The van der Waals surface area contributed by atoms with Gasteiger partial charge in [-0.05, 0) is 57.4 Å². The monoisotopic (exact) mass is 363 g/mol. The van der Waals surface area contributed by atoms with Crippen molar-refractivity contribution >= 4 is 15.9 Å². The Morgan fingerprint density at radius 3 is 2.32 bits per heavy atom. The van der Waals surface area contributed by atoms with E-state index in [0.717, 1.165) is 6.42 Å². The van der Waals surface area contributed by atoms with E-state index in [2.05, 4.69) is 5.32 Å². The topological polar surface area (TPSA) is 90.3 Å². The Morgan fingerprint density at radius 1 is 1.28 bits per heavy atom. The molecule has 6 nitrogen and oxygen atoms in total. The van der Waals surface area contributed by atoms with Gasteiger partial charge in [0, 0.05) is 24.5 Å². The summed E-state index contributed by atoms with van der Waals surface area (Å²) >= 11 is 0. The second kappa shape index (κ2) is 7.54. The van der Waals surface area contributed by atoms with Gasteiger partial charge in [-0.15, -0.1) is 0 Å². The van der Waals surface area contributed by atoms with Crippen molar-refractivity contribution in [2.75, 3.05) is 13.1 Å². The molecule has 0 saturated carbocycles. The molecule has 1 aromatic rings. The van der Waals surface area contributed by atoms with E-state index >= 15 is 0 Å². The number of carbonyl (C=O) groups excluding carboxylic acids is 1. The van der Waals surface area contributed by atoms with Crippen molar-refractivity contribution in [2.45, 2.75) is 50.5 Å². The Labute approximate surface area is 149 Å². The van der Waals surface area contributed by atoms with Crippen LogP contribution >= 0.6 is 0 Å². The summed E-state index contributed by atoms with van der Waals surface area (Å²) in [7, 11) is -3.58. The summed E-state index contributed by atoms with van der Waals surface area (Å²) in [6, 6.07) is 7.88. The molecule has 0 atom stereocenters. The van der Waals surface area contributed by atoms with Crippen molar-refractivity contribution in [3.63, 3.8) is 0 Å². The number of hydrogen-bond donors (Lipinski definition) is 1. The smallest absolute Gasteiger partial charge is 0.243 e. The minimum Gasteiger partial charge on any atom is -0.351 e. The predicted molar refractivity (Wildman–Crippen MR) is 95.2 cm³/mol. The number of nitrogens with one attached hydrogen (secondary N) is 1. The van der Waals surface area contributed by atoms with Crippen LogP contribution in [0.25, 0.3) is 0 Å². The number of benzene rings is 1. The summed E-state index contributed by atoms with van der Waals surface area (Å²) in [4.78, 5) is 12.5. The number of amides is 1. The molecule has 0 aromatic heterocycles. The number of nitriles is 1. The van der Waals surface area contributed by atoms with E-state index in [1.807, 2.05) is 26.8 Å². The zero-order valence-electron chi connectivity index (χ0n) is 14.9. The zero-order valence-corrected chi connectivity index (χ0v) is 15.8. The normalized spacial score (nSPS) is 17.0. The summed E-state index contributed by atoms with van der Waals surface area (Å²) in [6.07, 6.45) is 1.87. The van der Waals surface area contributed by atoms with Crippen molar-refractivity contribution in [3.8, 4) is 6.07 Å². The summed E-state index contributed by atoms with van der Waals surface area (Å²) < 4.78 is 26.8. The molecule has 1 N–H and O–H groups in total. The van der Waals surface area contributed by atoms with Gasteiger partial charge in [-0.25, -0.2) is 8.42 Å². The minimum atomic E-state index is -3.58. The van der Waals surface area contributed by atoms with E-state index in [1.165, 1.54) is 28.6 Å². The van der Waals surface area contributed by atoms with Crippen molar-refractivity contribution < 1.29 is 13.2 Å². The third-order valence-electron chi connectivity index (χ3n) is 4.79. The van der Waals surface area contributed by atoms with Gasteiger partial charge in [0.05, 0.1) is 16.5 Å². The second-order valence-electron chi connectivity index (χ2n) is 7.04. The SMILES string of the molecule is CCC(C)(C)NC(=O)C1CCN(S(=O)(=O)c2ccc(C#N)cc2)CC1. The van der Waals surface area contributed by atoms with Gasteiger partial charge in [-0.1, -0.05) is 6.92 Å². The Kier molecular flexibility index (Phi) is 5.86. The lowest BCUT2D eigenvalue weighted by Gasteiger charge is -2.33. The van der Waals surface area contributed by atoms with Crippen LogP contribution in [0.1, 0.15) is 45.6 Å². The molecule has 1 aromatic carbocycles. The van der Waals surface area contributed by atoms with E-state index in [9.17, 15) is 13.2 Å². The van der Waals surface area contributed by atoms with Gasteiger partial charge in [-0.3, -0.25) is 4.79 Å². The lowest BCUT2D eigenvalue weighted by molar-refractivity contribution is -0.127. The highest BCUT2D eigenvalue weighted by Crippen LogP contribution is 2.25. The Bertz CT molecular complexity index is 756. The molecule has 1 amide bonds. The summed E-state index contributed by atoms with van der Waals surface area (Å²) in [5.74, 6) is -0.152. The maximum absolute atomic E-state index is 12.7. The van der Waals surface area contributed by atoms with Gasteiger partial charge in [0.2, 0.25) is 15.9 Å². The first-order valence-electron chi connectivity index (χ1n) is 8.52. The molecule has 0 radical (unpaired) electrons. The predicted octanol–water partition coefficient (Wildman–Crippen LogP) is 2.26. The number of rotatable bonds is 5. The van der Waals surface area contributed by atoms with Crippen LogP contribution in [0.4, 0.5) is 0 Å². The van der Waals surface area contributed by atoms with E-state index in [-0.39, 0.29) is 22.3 Å². The van der Waals surface area contributed by atoms with Gasteiger partial charge in [0.25, 0.3) is 0 Å². The van der Waals surface area contributed by atoms with Crippen LogP contribution in [-0.4, -0.2) is 37.3 Å². The van der Waals surface area contributed by atoms with Gasteiger partial charge >= 0.3 is 0 Å². The van der Waals surface area contributed by atoms with Crippen LogP contribution in [0.5, 0.6) is 0 Å². The molecule has 0 aliphatic carbocycles. The van der Waals surface area contributed by atoms with Crippen LogP contribution in [0, 0.1) is 17.2 Å². The molecule has 2 rings (SSSR count). The summed E-state index contributed by atoms with van der Waals surface area (Å²) in [6.45, 7) is 6.64. The van der Waals surface area contributed by atoms with E-state index in [4.69, 9.17) is 5.26 Å². The molecule has 0 spiro atoms. The molecule has 25 heavy (non-hydrogen) atoms. The van der Waals surface area contributed by atoms with Gasteiger partial charge < -0.3 is 5.32 Å². The fourth-order valence-corrected chi connectivity index (χ4v) is 4.20. The van der Waals surface area contributed by atoms with Crippen molar-refractivity contribution in [3.05, 3.63) is 29.8 Å². The average Bonchev–Trinajstić information content (AvgIpc) is 2.61. The molecule has 1 aliphatic rings. The molecular weight excluding hydrogens is 338 g/mol. The van der Waals surface area contributed by atoms with E-state index in [0.29, 0.717) is 31.5 Å². The van der Waals surface area contributed by atoms with Crippen molar-refractivity contribution in [1.29, 1.82) is 5.26 Å². The number of carbonyl (C=O) groups is 1. The molecule has 1 heterocycles. The first-order valence-corrected chi connectivity index (χ1v) is 9.96. The van der Waals surface area contributed by atoms with Crippen molar-refractivity contribution in [1.82, 2.24) is 9.62 Å². The standard InChI is InChI=1S/C18H25N3O3S/c1-4-18(2,3)20-17(22)15-9-11-21(12-10-15)25(23,24)16-7-5-14(13-19)6-8-16/h5-8,15H,4,9-12H2,1-3H3,(H,20,22). The highest BCUT2D eigenvalue weighted by molar-refractivity contribution is 7.89. The number of piperidine rings is 1. The van der Waals surface area contributed by atoms with Gasteiger partial charge in [-0.2, -0.15) is 9.57 Å². The lowest BCUT2D eigenvalue weighted by atomic mass is 9.94. The largest absolute Gasteiger partial charge is 0.351 e. The fraction of sp³-hybridized carbons (Fsp3) is 0.556. The highest BCUT2D eigenvalue weighted by atomic mass is 32.2. The maximum atomic E-state index is 12.7. The fourth-order valence-electron chi connectivity index (χ4n) is 2.73. The Hall–Kier alpha value is -1.91. The van der Waals surface area contributed by atoms with Crippen LogP contribution in [0.15, 0.2) is 29.2 Å². The summed E-state index contributed by atoms with van der Waals surface area (Å²) in [5.41, 5.74) is 0.177. The molecule has 1 saturated heterocycles. The molecule has 136 valence electrons. The quantitative estimate of drug-likeness (QED) is 0.869. The number of nitrogens with zero attached hydrogens (tertiary/aromatic N) is 2. The van der Waals surface area contributed by atoms with Gasteiger partial charge in [0.15, 0.2) is 0 Å². The second-order valence-corrected chi connectivity index (χ2v) is 8.98. The minimum absolute atomic E-state index is 0.00210. The molecule has 1 aliphatic heterocycles. The molecule has 1 fully saturated rings. The number of sulfonamides is 1. The Morgan fingerprint density at radius 2 is 1.84 bits per heavy atom. The molecule has 0 bridgehead atoms. The van der Waals surface area contributed by atoms with Crippen LogP contribution in [-0.2, 0) is 14.8 Å². The molecule has 0 unspecified atom stereocenters. The molecule has 7 heteroatoms. The molecular formula is C18H25N3O3S. The summed E-state index contributed by atoms with van der Waals surface area (Å²) in [5, 5.41) is 11.8. The first kappa shape index (κ1) is 19.4. The first-order chi connectivity index (χ1) is 11.7. The third-order valence-corrected chi connectivity index (χ3v) is 6.70. The van der Waals surface area contributed by atoms with Crippen molar-refractivity contribution in [2.24, 2.45) is 5.92 Å².